The van der Waals surface area contributed by atoms with E-state index in [2.05, 4.69) is 0 Å². The molecule has 70 valence electrons. The number of β-amino-alcohol motifs (C(OH)–C–C–N with tert-alkyl or cyclic N) is 1. The van der Waals surface area contributed by atoms with Gasteiger partial charge in [0.05, 0.1) is 6.10 Å². The Bertz CT molecular complexity index is 183. The summed E-state index contributed by atoms with van der Waals surface area (Å²) in [4.78, 5) is 13.4. The summed E-state index contributed by atoms with van der Waals surface area (Å²) in [5.41, 5.74) is -0.264. The molecular formula is C9H17NO2. The van der Waals surface area contributed by atoms with Gasteiger partial charge in [-0.2, -0.15) is 0 Å². The van der Waals surface area contributed by atoms with Crippen molar-refractivity contribution < 1.29 is 9.90 Å². The highest BCUT2D eigenvalue weighted by Crippen LogP contribution is 2.25. The fourth-order valence-electron chi connectivity index (χ4n) is 1.20. The summed E-state index contributed by atoms with van der Waals surface area (Å²) in [5.74, 6) is 0.162. The van der Waals surface area contributed by atoms with Crippen LogP contribution in [0.1, 0.15) is 27.2 Å². The SMILES string of the molecule is CCC(C)(C)C(=O)N1CC(O)C1. The van der Waals surface area contributed by atoms with Gasteiger partial charge in [0.1, 0.15) is 0 Å². The van der Waals surface area contributed by atoms with Gasteiger partial charge in [0, 0.05) is 18.5 Å². The summed E-state index contributed by atoms with van der Waals surface area (Å²) in [7, 11) is 0. The van der Waals surface area contributed by atoms with Crippen LogP contribution in [0, 0.1) is 5.41 Å². The summed E-state index contributed by atoms with van der Waals surface area (Å²) >= 11 is 0. The minimum atomic E-state index is -0.290. The Kier molecular flexibility index (Phi) is 2.42. The maximum absolute atomic E-state index is 11.6. The first-order valence-electron chi connectivity index (χ1n) is 4.45. The third-order valence-electron chi connectivity index (χ3n) is 2.61. The first kappa shape index (κ1) is 9.52. The zero-order valence-electron chi connectivity index (χ0n) is 8.00. The number of aliphatic hydroxyl groups excluding tert-OH is 1. The number of amides is 1. The van der Waals surface area contributed by atoms with Crippen molar-refractivity contribution >= 4 is 5.91 Å². The number of carbonyl (C=O) groups is 1. The molecule has 0 aromatic carbocycles. The van der Waals surface area contributed by atoms with Crippen molar-refractivity contribution in [3.8, 4) is 0 Å². The molecule has 1 N–H and O–H groups in total. The van der Waals surface area contributed by atoms with Crippen LogP contribution in [0.3, 0.4) is 0 Å². The Hall–Kier alpha value is -0.570. The summed E-state index contributed by atoms with van der Waals surface area (Å²) in [5, 5.41) is 9.01. The maximum atomic E-state index is 11.6. The van der Waals surface area contributed by atoms with E-state index in [-0.39, 0.29) is 17.4 Å². The molecular weight excluding hydrogens is 154 g/mol. The predicted octanol–water partition coefficient (Wildman–Crippen LogP) is 0.626. The summed E-state index contributed by atoms with van der Waals surface area (Å²) in [6.07, 6.45) is 0.555. The first-order valence-corrected chi connectivity index (χ1v) is 4.45. The number of hydrogen-bond donors (Lipinski definition) is 1. The van der Waals surface area contributed by atoms with Gasteiger partial charge in [-0.25, -0.2) is 0 Å². The fourth-order valence-corrected chi connectivity index (χ4v) is 1.20. The Morgan fingerprint density at radius 2 is 2.08 bits per heavy atom. The van der Waals surface area contributed by atoms with Crippen molar-refractivity contribution in [2.75, 3.05) is 13.1 Å². The second-order valence-electron chi connectivity index (χ2n) is 4.10. The average molecular weight is 171 g/mol. The van der Waals surface area contributed by atoms with Crippen molar-refractivity contribution in [1.82, 2.24) is 4.90 Å². The minimum Gasteiger partial charge on any atom is -0.389 e. The monoisotopic (exact) mass is 171 g/mol. The minimum absolute atomic E-state index is 0.162. The second kappa shape index (κ2) is 3.05. The number of carbonyl (C=O) groups excluding carboxylic acids is 1. The third-order valence-corrected chi connectivity index (χ3v) is 2.61. The molecule has 3 nitrogen and oxygen atoms in total. The van der Waals surface area contributed by atoms with Crippen LogP contribution in [0.15, 0.2) is 0 Å². The standard InChI is InChI=1S/C9H17NO2/c1-4-9(2,3)8(12)10-5-7(11)6-10/h7,11H,4-6H2,1-3H3. The van der Waals surface area contributed by atoms with Crippen LogP contribution < -0.4 is 0 Å². The molecule has 1 saturated heterocycles. The molecule has 1 aliphatic rings. The van der Waals surface area contributed by atoms with Crippen LogP contribution in [0.2, 0.25) is 0 Å². The van der Waals surface area contributed by atoms with Crippen LogP contribution in [0.25, 0.3) is 0 Å². The smallest absolute Gasteiger partial charge is 0.228 e. The predicted molar refractivity (Wildman–Crippen MR) is 46.7 cm³/mol. The lowest BCUT2D eigenvalue weighted by molar-refractivity contribution is -0.150. The number of likely N-dealkylation sites (tertiary alicyclic amines) is 1. The van der Waals surface area contributed by atoms with Crippen molar-refractivity contribution in [1.29, 1.82) is 0 Å². The van der Waals surface area contributed by atoms with Gasteiger partial charge in [-0.3, -0.25) is 4.79 Å². The molecule has 1 rings (SSSR count). The quantitative estimate of drug-likeness (QED) is 0.662. The largest absolute Gasteiger partial charge is 0.389 e. The van der Waals surface area contributed by atoms with Crippen molar-refractivity contribution in [2.24, 2.45) is 5.41 Å². The molecule has 0 bridgehead atoms. The molecule has 0 unspecified atom stereocenters. The molecule has 0 saturated carbocycles. The number of aliphatic hydroxyl groups is 1. The Morgan fingerprint density at radius 1 is 1.58 bits per heavy atom. The highest BCUT2D eigenvalue weighted by molar-refractivity contribution is 5.82. The van der Waals surface area contributed by atoms with E-state index in [4.69, 9.17) is 5.11 Å². The third kappa shape index (κ3) is 1.61. The number of hydrogen-bond acceptors (Lipinski definition) is 2. The lowest BCUT2D eigenvalue weighted by Crippen LogP contribution is -2.56. The zero-order chi connectivity index (χ0) is 9.35. The molecule has 0 radical (unpaired) electrons. The van der Waals surface area contributed by atoms with Crippen LogP contribution in [-0.2, 0) is 4.79 Å². The Labute approximate surface area is 73.4 Å². The van der Waals surface area contributed by atoms with E-state index in [0.29, 0.717) is 13.1 Å². The van der Waals surface area contributed by atoms with Gasteiger partial charge < -0.3 is 10.0 Å². The number of rotatable bonds is 2. The van der Waals surface area contributed by atoms with E-state index < -0.39 is 0 Å². The Morgan fingerprint density at radius 3 is 2.42 bits per heavy atom. The van der Waals surface area contributed by atoms with E-state index in [0.717, 1.165) is 6.42 Å². The highest BCUT2D eigenvalue weighted by Gasteiger charge is 2.36. The van der Waals surface area contributed by atoms with Crippen LogP contribution in [0.4, 0.5) is 0 Å². The number of nitrogens with zero attached hydrogens (tertiary/aromatic N) is 1. The fraction of sp³-hybridized carbons (Fsp3) is 0.889. The van der Waals surface area contributed by atoms with E-state index in [1.807, 2.05) is 20.8 Å². The van der Waals surface area contributed by atoms with Crippen molar-refractivity contribution in [3.63, 3.8) is 0 Å². The van der Waals surface area contributed by atoms with Gasteiger partial charge in [-0.15, -0.1) is 0 Å². The molecule has 0 atom stereocenters. The molecule has 0 aromatic heterocycles. The van der Waals surface area contributed by atoms with Gasteiger partial charge in [-0.05, 0) is 6.42 Å². The molecule has 0 aliphatic carbocycles. The molecule has 1 amide bonds. The summed E-state index contributed by atoms with van der Waals surface area (Å²) in [6, 6.07) is 0. The first-order chi connectivity index (χ1) is 5.47. The molecule has 0 aromatic rings. The maximum Gasteiger partial charge on any atom is 0.228 e. The van der Waals surface area contributed by atoms with E-state index in [1.54, 1.807) is 4.90 Å². The highest BCUT2D eigenvalue weighted by atomic mass is 16.3. The summed E-state index contributed by atoms with van der Waals surface area (Å²) in [6.45, 7) is 6.93. The normalized spacial score (nSPS) is 19.2. The van der Waals surface area contributed by atoms with Gasteiger partial charge in [0.25, 0.3) is 0 Å². The van der Waals surface area contributed by atoms with Crippen LogP contribution >= 0.6 is 0 Å². The second-order valence-corrected chi connectivity index (χ2v) is 4.10. The van der Waals surface area contributed by atoms with Gasteiger partial charge in [-0.1, -0.05) is 20.8 Å². The molecule has 3 heteroatoms. The van der Waals surface area contributed by atoms with E-state index in [9.17, 15) is 4.79 Å². The Balaban J connectivity index is 2.48. The van der Waals surface area contributed by atoms with Gasteiger partial charge >= 0.3 is 0 Å². The van der Waals surface area contributed by atoms with E-state index >= 15 is 0 Å². The zero-order valence-corrected chi connectivity index (χ0v) is 8.00. The molecule has 1 fully saturated rings. The average Bonchev–Trinajstić information content (AvgIpc) is 1.97. The topological polar surface area (TPSA) is 40.5 Å². The lowest BCUT2D eigenvalue weighted by Gasteiger charge is -2.40. The van der Waals surface area contributed by atoms with Crippen LogP contribution in [0.5, 0.6) is 0 Å². The molecule has 1 heterocycles. The molecule has 0 spiro atoms. The summed E-state index contributed by atoms with van der Waals surface area (Å²) < 4.78 is 0. The molecule has 1 aliphatic heterocycles. The van der Waals surface area contributed by atoms with Gasteiger partial charge in [0.15, 0.2) is 0 Å². The van der Waals surface area contributed by atoms with Crippen molar-refractivity contribution in [2.45, 2.75) is 33.3 Å². The molecule has 12 heavy (non-hydrogen) atoms. The van der Waals surface area contributed by atoms with Crippen molar-refractivity contribution in [3.05, 3.63) is 0 Å². The lowest BCUT2D eigenvalue weighted by atomic mass is 9.87. The van der Waals surface area contributed by atoms with Crippen LogP contribution in [-0.4, -0.2) is 35.1 Å². The van der Waals surface area contributed by atoms with E-state index in [1.165, 1.54) is 0 Å². The van der Waals surface area contributed by atoms with Gasteiger partial charge in [0.2, 0.25) is 5.91 Å².